The first-order valence-corrected chi connectivity index (χ1v) is 15.9. The predicted octanol–water partition coefficient (Wildman–Crippen LogP) is 3.32. The number of sulfonamides is 1. The number of morpholine rings is 1. The van der Waals surface area contributed by atoms with E-state index in [9.17, 15) is 13.2 Å². The van der Waals surface area contributed by atoms with Crippen molar-refractivity contribution in [3.63, 3.8) is 0 Å². The van der Waals surface area contributed by atoms with Crippen molar-refractivity contribution in [2.75, 3.05) is 60.2 Å². The summed E-state index contributed by atoms with van der Waals surface area (Å²) >= 11 is 0. The van der Waals surface area contributed by atoms with Crippen LogP contribution in [0.2, 0.25) is 0 Å². The summed E-state index contributed by atoms with van der Waals surface area (Å²) in [5.74, 6) is 0.459. The van der Waals surface area contributed by atoms with Crippen molar-refractivity contribution >= 4 is 15.9 Å². The Hall–Kier alpha value is -2.50. The fourth-order valence-corrected chi connectivity index (χ4v) is 7.81. The molecule has 2 aromatic carbocycles. The molecular weight excluding hydrogens is 542 g/mol. The highest BCUT2D eigenvalue weighted by Gasteiger charge is 2.41. The number of benzene rings is 2. The summed E-state index contributed by atoms with van der Waals surface area (Å²) in [6.07, 6.45) is 4.86. The van der Waals surface area contributed by atoms with E-state index in [2.05, 4.69) is 40.5 Å². The SMILES string of the molecule is COc1cc(C)c(S(=O)(=O)N(C)CCOCC(=O)NC2CCC(Cc3ccccc3)(N3CCOCC3)CC2)c(C)c1. The second-order valence-electron chi connectivity index (χ2n) is 11.3. The van der Waals surface area contributed by atoms with Crippen molar-refractivity contribution in [2.45, 2.75) is 62.4 Å². The van der Waals surface area contributed by atoms with E-state index in [4.69, 9.17) is 14.2 Å². The van der Waals surface area contributed by atoms with Crippen LogP contribution in [0.15, 0.2) is 47.4 Å². The molecule has 10 heteroatoms. The molecule has 1 N–H and O–H groups in total. The molecule has 0 unspecified atom stereocenters. The maximum Gasteiger partial charge on any atom is 0.246 e. The Kier molecular flexibility index (Phi) is 10.8. The van der Waals surface area contributed by atoms with Crippen molar-refractivity contribution in [2.24, 2.45) is 0 Å². The van der Waals surface area contributed by atoms with Crippen molar-refractivity contribution in [3.05, 3.63) is 59.2 Å². The summed E-state index contributed by atoms with van der Waals surface area (Å²) in [7, 11) is -0.622. The smallest absolute Gasteiger partial charge is 0.246 e. The van der Waals surface area contributed by atoms with Crippen LogP contribution in [-0.2, 0) is 30.7 Å². The Morgan fingerprint density at radius 1 is 1.10 bits per heavy atom. The fraction of sp³-hybridized carbons (Fsp3) is 0.581. The molecule has 0 radical (unpaired) electrons. The summed E-state index contributed by atoms with van der Waals surface area (Å²) in [6.45, 7) is 7.12. The van der Waals surface area contributed by atoms with E-state index in [-0.39, 0.29) is 42.1 Å². The van der Waals surface area contributed by atoms with Gasteiger partial charge in [0, 0.05) is 38.3 Å². The number of ether oxygens (including phenoxy) is 3. The highest BCUT2D eigenvalue weighted by molar-refractivity contribution is 7.89. The molecule has 2 aliphatic rings. The minimum atomic E-state index is -3.71. The van der Waals surface area contributed by atoms with Crippen LogP contribution >= 0.6 is 0 Å². The van der Waals surface area contributed by atoms with Crippen LogP contribution in [0.1, 0.15) is 42.4 Å². The number of nitrogens with one attached hydrogen (secondary N) is 1. The van der Waals surface area contributed by atoms with Crippen LogP contribution in [0.25, 0.3) is 0 Å². The molecule has 1 heterocycles. The second kappa shape index (κ2) is 14.1. The minimum absolute atomic E-state index is 0.0829. The van der Waals surface area contributed by atoms with E-state index >= 15 is 0 Å². The fourth-order valence-electron chi connectivity index (χ4n) is 6.26. The van der Waals surface area contributed by atoms with E-state index in [0.29, 0.717) is 16.9 Å². The number of nitrogens with zero attached hydrogens (tertiary/aromatic N) is 2. The lowest BCUT2D eigenvalue weighted by Crippen LogP contribution is -2.58. The number of methoxy groups -OCH3 is 1. The lowest BCUT2D eigenvalue weighted by molar-refractivity contribution is -0.127. The van der Waals surface area contributed by atoms with Gasteiger partial charge in [0.05, 0.1) is 31.8 Å². The third-order valence-electron chi connectivity index (χ3n) is 8.46. The first-order valence-electron chi connectivity index (χ1n) is 14.5. The number of carbonyl (C=O) groups excluding carboxylic acids is 1. The Bertz CT molecular complexity index is 1230. The third-order valence-corrected chi connectivity index (χ3v) is 10.6. The number of hydrogen-bond donors (Lipinski definition) is 1. The predicted molar refractivity (Wildman–Crippen MR) is 159 cm³/mol. The van der Waals surface area contributed by atoms with Crippen LogP contribution in [0.3, 0.4) is 0 Å². The molecule has 2 aromatic rings. The topological polar surface area (TPSA) is 97.4 Å². The minimum Gasteiger partial charge on any atom is -0.497 e. The summed E-state index contributed by atoms with van der Waals surface area (Å²) in [4.78, 5) is 15.5. The Morgan fingerprint density at radius 2 is 1.73 bits per heavy atom. The van der Waals surface area contributed by atoms with Gasteiger partial charge in [0.2, 0.25) is 15.9 Å². The number of rotatable bonds is 12. The molecule has 226 valence electrons. The molecule has 1 amide bonds. The number of amides is 1. The zero-order chi connectivity index (χ0) is 29.5. The second-order valence-corrected chi connectivity index (χ2v) is 13.3. The molecule has 4 rings (SSSR count). The van der Waals surface area contributed by atoms with Gasteiger partial charge >= 0.3 is 0 Å². The highest BCUT2D eigenvalue weighted by atomic mass is 32.2. The molecule has 0 atom stereocenters. The van der Waals surface area contributed by atoms with Gasteiger partial charge in [-0.05, 0) is 74.8 Å². The van der Waals surface area contributed by atoms with E-state index in [1.807, 2.05) is 0 Å². The molecule has 41 heavy (non-hydrogen) atoms. The first kappa shape index (κ1) is 31.4. The van der Waals surface area contributed by atoms with Gasteiger partial charge in [-0.3, -0.25) is 9.69 Å². The first-order chi connectivity index (χ1) is 19.6. The molecule has 0 spiro atoms. The van der Waals surface area contributed by atoms with Gasteiger partial charge in [-0.15, -0.1) is 0 Å². The molecule has 1 aliphatic carbocycles. The van der Waals surface area contributed by atoms with Gasteiger partial charge in [-0.2, -0.15) is 4.31 Å². The Balaban J connectivity index is 1.24. The lowest BCUT2D eigenvalue weighted by atomic mass is 9.74. The van der Waals surface area contributed by atoms with Crippen molar-refractivity contribution in [1.29, 1.82) is 0 Å². The van der Waals surface area contributed by atoms with Crippen molar-refractivity contribution < 1.29 is 27.4 Å². The highest BCUT2D eigenvalue weighted by Crippen LogP contribution is 2.37. The molecule has 1 aliphatic heterocycles. The molecule has 2 fully saturated rings. The summed E-state index contributed by atoms with van der Waals surface area (Å²) in [6, 6.07) is 14.2. The number of aryl methyl sites for hydroxylation is 2. The van der Waals surface area contributed by atoms with Gasteiger partial charge in [0.15, 0.2) is 0 Å². The summed E-state index contributed by atoms with van der Waals surface area (Å²) < 4.78 is 44.1. The van der Waals surface area contributed by atoms with Gasteiger partial charge < -0.3 is 19.5 Å². The van der Waals surface area contributed by atoms with Gasteiger partial charge in [-0.25, -0.2) is 8.42 Å². The van der Waals surface area contributed by atoms with Gasteiger partial charge in [0.1, 0.15) is 12.4 Å². The standard InChI is InChI=1S/C31H45N3O6S/c1-24-20-28(38-4)21-25(2)30(24)41(36,37)33(3)14-17-40-23-29(35)32-27-10-12-31(13-11-27,34-15-18-39-19-16-34)22-26-8-6-5-7-9-26/h5-9,20-21,27H,10-19,22-23H2,1-4H3,(H,32,35). The van der Waals surface area contributed by atoms with E-state index < -0.39 is 10.0 Å². The normalized spacial score (nSPS) is 22.0. The molecule has 9 nitrogen and oxygen atoms in total. The van der Waals surface area contributed by atoms with Crippen LogP contribution in [0, 0.1) is 13.8 Å². The van der Waals surface area contributed by atoms with E-state index in [1.165, 1.54) is 16.9 Å². The monoisotopic (exact) mass is 587 g/mol. The van der Waals surface area contributed by atoms with Crippen LogP contribution < -0.4 is 10.1 Å². The molecule has 1 saturated heterocycles. The maximum atomic E-state index is 13.2. The van der Waals surface area contributed by atoms with Crippen LogP contribution in [0.4, 0.5) is 0 Å². The van der Waals surface area contributed by atoms with Gasteiger partial charge in [0.25, 0.3) is 0 Å². The van der Waals surface area contributed by atoms with Crippen molar-refractivity contribution in [3.8, 4) is 5.75 Å². The Morgan fingerprint density at radius 3 is 2.34 bits per heavy atom. The summed E-state index contributed by atoms with van der Waals surface area (Å²) in [5, 5.41) is 3.14. The quantitative estimate of drug-likeness (QED) is 0.381. The Labute approximate surface area is 245 Å². The van der Waals surface area contributed by atoms with E-state index in [0.717, 1.165) is 58.4 Å². The molecule has 0 bridgehead atoms. The number of carbonyl (C=O) groups is 1. The van der Waals surface area contributed by atoms with Crippen LogP contribution in [0.5, 0.6) is 5.75 Å². The summed E-state index contributed by atoms with van der Waals surface area (Å²) in [5.41, 5.74) is 2.68. The maximum absolute atomic E-state index is 13.2. The van der Waals surface area contributed by atoms with Crippen LogP contribution in [-0.4, -0.2) is 95.3 Å². The van der Waals surface area contributed by atoms with Crippen molar-refractivity contribution in [1.82, 2.24) is 14.5 Å². The zero-order valence-corrected chi connectivity index (χ0v) is 25.7. The largest absolute Gasteiger partial charge is 0.497 e. The number of hydrogen-bond acceptors (Lipinski definition) is 7. The molecule has 1 saturated carbocycles. The average Bonchev–Trinajstić information content (AvgIpc) is 2.96. The lowest BCUT2D eigenvalue weighted by Gasteiger charge is -2.49. The molecular formula is C31H45N3O6S. The van der Waals surface area contributed by atoms with E-state index in [1.54, 1.807) is 33.1 Å². The number of likely N-dealkylation sites (N-methyl/N-ethyl adjacent to an activating group) is 1. The third kappa shape index (κ3) is 7.87. The molecule has 0 aromatic heterocycles. The average molecular weight is 588 g/mol. The zero-order valence-electron chi connectivity index (χ0n) is 24.9. The van der Waals surface area contributed by atoms with Gasteiger partial charge in [-0.1, -0.05) is 30.3 Å².